The molecule has 0 saturated carbocycles. The van der Waals surface area contributed by atoms with Crippen molar-refractivity contribution in [2.45, 2.75) is 64.1 Å². The number of nitrogens with two attached hydrogens (primary N) is 1. The predicted octanol–water partition coefficient (Wildman–Crippen LogP) is -0.0184. The Morgan fingerprint density at radius 1 is 1.19 bits per heavy atom. The molecule has 3 amide bonds. The number of amides is 3. The summed E-state index contributed by atoms with van der Waals surface area (Å²) in [7, 11) is 0. The van der Waals surface area contributed by atoms with E-state index in [1.54, 1.807) is 9.80 Å². The first kappa shape index (κ1) is 20.2. The van der Waals surface area contributed by atoms with Crippen molar-refractivity contribution in [3.63, 3.8) is 0 Å². The predicted molar refractivity (Wildman–Crippen MR) is 95.5 cm³/mol. The molecule has 3 N–H and O–H groups in total. The Morgan fingerprint density at radius 2 is 1.85 bits per heavy atom. The summed E-state index contributed by atoms with van der Waals surface area (Å²) in [4.78, 5) is 40.1. The number of nitrogens with zero attached hydrogens (tertiary/aromatic N) is 3. The summed E-state index contributed by atoms with van der Waals surface area (Å²) in [5, 5.41) is 12.2. The minimum Gasteiger partial charge on any atom is -0.368 e. The molecule has 0 aromatic heterocycles. The highest BCUT2D eigenvalue weighted by molar-refractivity contribution is 5.90. The molecule has 3 atom stereocenters. The third-order valence-electron chi connectivity index (χ3n) is 5.09. The molecule has 0 spiro atoms. The number of likely N-dealkylation sites (tertiary alicyclic amines) is 2. The second-order valence-corrected chi connectivity index (χ2v) is 7.53. The third kappa shape index (κ3) is 4.73. The maximum Gasteiger partial charge on any atom is 0.240 e. The zero-order valence-electron chi connectivity index (χ0n) is 15.6. The molecule has 0 bridgehead atoms. The van der Waals surface area contributed by atoms with Crippen molar-refractivity contribution in [1.82, 2.24) is 15.1 Å². The first-order chi connectivity index (χ1) is 12.3. The summed E-state index contributed by atoms with van der Waals surface area (Å²) in [6.07, 6.45) is 3.43. The molecule has 144 valence electrons. The van der Waals surface area contributed by atoms with Gasteiger partial charge in [0, 0.05) is 13.1 Å². The lowest BCUT2D eigenvalue weighted by Crippen LogP contribution is -2.53. The van der Waals surface area contributed by atoms with Crippen LogP contribution in [0.2, 0.25) is 0 Å². The Morgan fingerprint density at radius 3 is 2.46 bits per heavy atom. The van der Waals surface area contributed by atoms with Crippen LogP contribution in [0.3, 0.4) is 0 Å². The Balaban J connectivity index is 2.00. The molecule has 2 saturated heterocycles. The molecule has 0 aromatic rings. The zero-order chi connectivity index (χ0) is 19.3. The van der Waals surface area contributed by atoms with Gasteiger partial charge >= 0.3 is 0 Å². The molecule has 26 heavy (non-hydrogen) atoms. The Kier molecular flexibility index (Phi) is 6.98. The molecular formula is C18H29N5O3. The largest absolute Gasteiger partial charge is 0.368 e. The number of nitrogens with one attached hydrogen (secondary N) is 1. The van der Waals surface area contributed by atoms with Crippen molar-refractivity contribution in [1.29, 1.82) is 5.26 Å². The Hall–Kier alpha value is -2.14. The van der Waals surface area contributed by atoms with Crippen molar-refractivity contribution in [3.05, 3.63) is 0 Å². The number of hydrogen-bond acceptors (Lipinski definition) is 5. The van der Waals surface area contributed by atoms with E-state index in [4.69, 9.17) is 11.0 Å². The summed E-state index contributed by atoms with van der Waals surface area (Å²) in [5.41, 5.74) is 5.42. The average Bonchev–Trinajstić information content (AvgIpc) is 3.25. The van der Waals surface area contributed by atoms with Gasteiger partial charge in [0.25, 0.3) is 0 Å². The number of primary amides is 1. The molecule has 2 aliphatic heterocycles. The standard InChI is InChI=1S/C18H29N5O3/c1-12(2)9-14(18(26)23-8-4-6-15(23)17(20)25)21-11-16(24)22-7-3-5-13(22)10-19/h12-15,21H,3-9,11H2,1-2H3,(H2,20,25). The van der Waals surface area contributed by atoms with Gasteiger partial charge in [0.1, 0.15) is 12.1 Å². The van der Waals surface area contributed by atoms with Crippen LogP contribution in [-0.2, 0) is 14.4 Å². The maximum absolute atomic E-state index is 12.9. The topological polar surface area (TPSA) is 120 Å². The van der Waals surface area contributed by atoms with Gasteiger partial charge in [-0.25, -0.2) is 0 Å². The van der Waals surface area contributed by atoms with Gasteiger partial charge < -0.3 is 15.5 Å². The second-order valence-electron chi connectivity index (χ2n) is 7.53. The molecule has 2 heterocycles. The highest BCUT2D eigenvalue weighted by Gasteiger charge is 2.36. The molecule has 2 fully saturated rings. The van der Waals surface area contributed by atoms with Crippen LogP contribution in [0.5, 0.6) is 0 Å². The summed E-state index contributed by atoms with van der Waals surface area (Å²) in [6.45, 7) is 5.12. The van der Waals surface area contributed by atoms with Gasteiger partial charge in [0.15, 0.2) is 0 Å². The van der Waals surface area contributed by atoms with Crippen LogP contribution in [0.4, 0.5) is 0 Å². The molecule has 2 aliphatic rings. The highest BCUT2D eigenvalue weighted by atomic mass is 16.2. The van der Waals surface area contributed by atoms with Crippen LogP contribution in [0.25, 0.3) is 0 Å². The molecule has 0 aliphatic carbocycles. The fraction of sp³-hybridized carbons (Fsp3) is 0.778. The molecule has 3 unspecified atom stereocenters. The molecular weight excluding hydrogens is 334 g/mol. The smallest absolute Gasteiger partial charge is 0.240 e. The first-order valence-corrected chi connectivity index (χ1v) is 9.37. The van der Waals surface area contributed by atoms with Gasteiger partial charge in [-0.2, -0.15) is 5.26 Å². The maximum atomic E-state index is 12.9. The molecule has 0 radical (unpaired) electrons. The number of carbonyl (C=O) groups excluding carboxylic acids is 3. The lowest BCUT2D eigenvalue weighted by atomic mass is 10.0. The Labute approximate surface area is 154 Å². The number of nitriles is 1. The van der Waals surface area contributed by atoms with Gasteiger partial charge in [-0.05, 0) is 38.0 Å². The van der Waals surface area contributed by atoms with Crippen molar-refractivity contribution in [2.24, 2.45) is 11.7 Å². The molecule has 8 nitrogen and oxygen atoms in total. The van der Waals surface area contributed by atoms with Crippen molar-refractivity contribution in [3.8, 4) is 6.07 Å². The summed E-state index contributed by atoms with van der Waals surface area (Å²) >= 11 is 0. The van der Waals surface area contributed by atoms with Gasteiger partial charge in [-0.1, -0.05) is 13.8 Å². The van der Waals surface area contributed by atoms with Crippen molar-refractivity contribution in [2.75, 3.05) is 19.6 Å². The fourth-order valence-electron chi connectivity index (χ4n) is 3.78. The Bertz CT molecular complexity index is 586. The quantitative estimate of drug-likeness (QED) is 0.659. The van der Waals surface area contributed by atoms with Gasteiger partial charge in [-0.3, -0.25) is 19.7 Å². The minimum absolute atomic E-state index is 0.0103. The summed E-state index contributed by atoms with van der Waals surface area (Å²) < 4.78 is 0. The summed E-state index contributed by atoms with van der Waals surface area (Å²) in [6, 6.07) is 0.679. The van der Waals surface area contributed by atoms with Crippen LogP contribution in [0.1, 0.15) is 46.0 Å². The number of hydrogen-bond donors (Lipinski definition) is 2. The van der Waals surface area contributed by atoms with E-state index in [0.29, 0.717) is 32.4 Å². The van der Waals surface area contributed by atoms with Gasteiger partial charge in [0.05, 0.1) is 18.7 Å². The molecule has 2 rings (SSSR count). The van der Waals surface area contributed by atoms with Crippen LogP contribution < -0.4 is 11.1 Å². The van der Waals surface area contributed by atoms with Gasteiger partial charge in [0.2, 0.25) is 17.7 Å². The average molecular weight is 363 g/mol. The number of rotatable bonds is 7. The van der Waals surface area contributed by atoms with Crippen LogP contribution in [0, 0.1) is 17.2 Å². The van der Waals surface area contributed by atoms with E-state index in [1.807, 2.05) is 13.8 Å². The number of carbonyl (C=O) groups is 3. The molecule has 8 heteroatoms. The summed E-state index contributed by atoms with van der Waals surface area (Å²) in [5.74, 6) is -0.571. The van der Waals surface area contributed by atoms with E-state index in [1.165, 1.54) is 0 Å². The van der Waals surface area contributed by atoms with E-state index in [2.05, 4.69) is 11.4 Å². The third-order valence-corrected chi connectivity index (χ3v) is 5.09. The fourth-order valence-corrected chi connectivity index (χ4v) is 3.78. The minimum atomic E-state index is -0.559. The van der Waals surface area contributed by atoms with E-state index < -0.39 is 18.0 Å². The van der Waals surface area contributed by atoms with E-state index >= 15 is 0 Å². The zero-order valence-corrected chi connectivity index (χ0v) is 15.6. The lowest BCUT2D eigenvalue weighted by molar-refractivity contribution is -0.139. The lowest BCUT2D eigenvalue weighted by Gasteiger charge is -2.29. The van der Waals surface area contributed by atoms with E-state index in [9.17, 15) is 14.4 Å². The van der Waals surface area contributed by atoms with E-state index in [0.717, 1.165) is 12.8 Å². The van der Waals surface area contributed by atoms with Crippen molar-refractivity contribution < 1.29 is 14.4 Å². The van der Waals surface area contributed by atoms with Crippen molar-refractivity contribution >= 4 is 17.7 Å². The van der Waals surface area contributed by atoms with Crippen LogP contribution in [0.15, 0.2) is 0 Å². The van der Waals surface area contributed by atoms with E-state index in [-0.39, 0.29) is 30.3 Å². The molecule has 0 aromatic carbocycles. The monoisotopic (exact) mass is 363 g/mol. The van der Waals surface area contributed by atoms with Crippen LogP contribution in [-0.4, -0.2) is 65.3 Å². The first-order valence-electron chi connectivity index (χ1n) is 9.37. The SMILES string of the molecule is CC(C)CC(NCC(=O)N1CCCC1C#N)C(=O)N1CCCC1C(N)=O. The van der Waals surface area contributed by atoms with Gasteiger partial charge in [-0.15, -0.1) is 0 Å². The normalized spacial score (nSPS) is 23.9. The van der Waals surface area contributed by atoms with Crippen LogP contribution >= 0.6 is 0 Å². The highest BCUT2D eigenvalue weighted by Crippen LogP contribution is 2.20. The second kappa shape index (κ2) is 8.99.